The predicted octanol–water partition coefficient (Wildman–Crippen LogP) is 4.80. The number of methoxy groups -OCH3 is 1. The van der Waals surface area contributed by atoms with Gasteiger partial charge in [0, 0.05) is 7.11 Å². The van der Waals surface area contributed by atoms with Crippen molar-refractivity contribution in [3.8, 4) is 5.75 Å². The minimum Gasteiger partial charge on any atom is -0.490 e. The molecule has 0 amide bonds. The first kappa shape index (κ1) is 15.8. The maximum atomic E-state index is 6.37. The highest BCUT2D eigenvalue weighted by atomic mass is 79.9. The zero-order valence-electron chi connectivity index (χ0n) is 11.1. The fourth-order valence-corrected chi connectivity index (χ4v) is 2.62. The molecule has 18 heavy (non-hydrogen) atoms. The van der Waals surface area contributed by atoms with E-state index in [0.29, 0.717) is 19.1 Å². The van der Waals surface area contributed by atoms with Crippen LogP contribution in [0.15, 0.2) is 22.7 Å². The first-order valence-electron chi connectivity index (χ1n) is 6.09. The molecular weight excluding hydrogens is 316 g/mol. The Kier molecular flexibility index (Phi) is 7.05. The zero-order chi connectivity index (χ0) is 13.5. The van der Waals surface area contributed by atoms with Gasteiger partial charge in [-0.3, -0.25) is 0 Å². The lowest BCUT2D eigenvalue weighted by molar-refractivity contribution is 0.146. The number of halogens is 2. The molecule has 102 valence electrons. The second kappa shape index (κ2) is 8.03. The molecule has 1 rings (SSSR count). The standard InChI is InChI=1S/C14H20BrClO2/c1-10(2)8-13(16)11-4-5-14(12(15)9-11)18-7-6-17-3/h4-5,9-10,13H,6-8H2,1-3H3. The lowest BCUT2D eigenvalue weighted by Crippen LogP contribution is -2.05. The van der Waals surface area contributed by atoms with Crippen LogP contribution in [0.1, 0.15) is 31.2 Å². The summed E-state index contributed by atoms with van der Waals surface area (Å²) >= 11 is 9.88. The summed E-state index contributed by atoms with van der Waals surface area (Å²) in [5.74, 6) is 1.41. The third-order valence-corrected chi connectivity index (χ3v) is 3.59. The SMILES string of the molecule is COCCOc1ccc(C(Cl)CC(C)C)cc1Br. The van der Waals surface area contributed by atoms with Crippen molar-refractivity contribution in [2.24, 2.45) is 5.92 Å². The van der Waals surface area contributed by atoms with E-state index in [1.807, 2.05) is 18.2 Å². The van der Waals surface area contributed by atoms with Gasteiger partial charge in [-0.1, -0.05) is 19.9 Å². The van der Waals surface area contributed by atoms with E-state index < -0.39 is 0 Å². The van der Waals surface area contributed by atoms with E-state index in [2.05, 4.69) is 29.8 Å². The van der Waals surface area contributed by atoms with E-state index in [-0.39, 0.29) is 5.38 Å². The maximum absolute atomic E-state index is 6.37. The molecule has 0 fully saturated rings. The molecule has 0 heterocycles. The molecule has 0 aliphatic rings. The monoisotopic (exact) mass is 334 g/mol. The lowest BCUT2D eigenvalue weighted by Gasteiger charge is -2.14. The Bertz CT molecular complexity index is 369. The van der Waals surface area contributed by atoms with E-state index in [1.165, 1.54) is 0 Å². The summed E-state index contributed by atoms with van der Waals surface area (Å²) in [5.41, 5.74) is 1.12. The van der Waals surface area contributed by atoms with Gasteiger partial charge in [-0.15, -0.1) is 11.6 Å². The summed E-state index contributed by atoms with van der Waals surface area (Å²) in [4.78, 5) is 0. The maximum Gasteiger partial charge on any atom is 0.133 e. The Morgan fingerprint density at radius 3 is 2.56 bits per heavy atom. The van der Waals surface area contributed by atoms with Crippen molar-refractivity contribution in [2.45, 2.75) is 25.6 Å². The molecular formula is C14H20BrClO2. The van der Waals surface area contributed by atoms with Crippen LogP contribution in [-0.4, -0.2) is 20.3 Å². The van der Waals surface area contributed by atoms with E-state index in [4.69, 9.17) is 21.1 Å². The Labute approximate surface area is 123 Å². The van der Waals surface area contributed by atoms with Crippen molar-refractivity contribution in [1.29, 1.82) is 0 Å². The molecule has 2 nitrogen and oxygen atoms in total. The molecule has 4 heteroatoms. The molecule has 1 unspecified atom stereocenters. The van der Waals surface area contributed by atoms with Crippen LogP contribution in [0.3, 0.4) is 0 Å². The van der Waals surface area contributed by atoms with Gasteiger partial charge in [0.1, 0.15) is 12.4 Å². The van der Waals surface area contributed by atoms with Gasteiger partial charge in [-0.05, 0) is 46.0 Å². The van der Waals surface area contributed by atoms with E-state index in [0.717, 1.165) is 22.2 Å². The molecule has 0 aliphatic heterocycles. The average molecular weight is 336 g/mol. The van der Waals surface area contributed by atoms with E-state index >= 15 is 0 Å². The van der Waals surface area contributed by atoms with Gasteiger partial charge in [0.25, 0.3) is 0 Å². The highest BCUT2D eigenvalue weighted by Crippen LogP contribution is 2.33. The molecule has 1 atom stereocenters. The molecule has 0 N–H and O–H groups in total. The molecule has 0 aromatic heterocycles. The summed E-state index contributed by atoms with van der Waals surface area (Å²) < 4.78 is 11.5. The van der Waals surface area contributed by atoms with Gasteiger partial charge < -0.3 is 9.47 Å². The molecule has 1 aromatic rings. The molecule has 0 radical (unpaired) electrons. The first-order valence-corrected chi connectivity index (χ1v) is 7.32. The summed E-state index contributed by atoms with van der Waals surface area (Å²) in [7, 11) is 1.66. The fraction of sp³-hybridized carbons (Fsp3) is 0.571. The Hall–Kier alpha value is -0.250. The van der Waals surface area contributed by atoms with Crippen LogP contribution in [0, 0.1) is 5.92 Å². The number of hydrogen-bond donors (Lipinski definition) is 0. The van der Waals surface area contributed by atoms with Crippen LogP contribution < -0.4 is 4.74 Å². The third kappa shape index (κ3) is 5.17. The minimum atomic E-state index is 0.0503. The normalized spacial score (nSPS) is 12.8. The highest BCUT2D eigenvalue weighted by molar-refractivity contribution is 9.10. The third-order valence-electron chi connectivity index (χ3n) is 2.54. The number of hydrogen-bond acceptors (Lipinski definition) is 2. The van der Waals surface area contributed by atoms with E-state index in [1.54, 1.807) is 7.11 Å². The number of benzene rings is 1. The zero-order valence-corrected chi connectivity index (χ0v) is 13.4. The topological polar surface area (TPSA) is 18.5 Å². The predicted molar refractivity (Wildman–Crippen MR) is 79.6 cm³/mol. The summed E-state index contributed by atoms with van der Waals surface area (Å²) in [6, 6.07) is 6.00. The summed E-state index contributed by atoms with van der Waals surface area (Å²) in [6.07, 6.45) is 0.970. The minimum absolute atomic E-state index is 0.0503. The second-order valence-electron chi connectivity index (χ2n) is 4.63. The highest BCUT2D eigenvalue weighted by Gasteiger charge is 2.12. The van der Waals surface area contributed by atoms with E-state index in [9.17, 15) is 0 Å². The molecule has 0 bridgehead atoms. The van der Waals surface area contributed by atoms with Gasteiger partial charge in [-0.25, -0.2) is 0 Å². The van der Waals surface area contributed by atoms with Crippen molar-refractivity contribution in [2.75, 3.05) is 20.3 Å². The van der Waals surface area contributed by atoms with Crippen LogP contribution in [0.2, 0.25) is 0 Å². The van der Waals surface area contributed by atoms with Crippen molar-refractivity contribution < 1.29 is 9.47 Å². The van der Waals surface area contributed by atoms with Crippen molar-refractivity contribution in [3.05, 3.63) is 28.2 Å². The number of rotatable bonds is 7. The van der Waals surface area contributed by atoms with Gasteiger partial charge in [0.2, 0.25) is 0 Å². The van der Waals surface area contributed by atoms with Gasteiger partial charge in [0.15, 0.2) is 0 Å². The van der Waals surface area contributed by atoms with Crippen molar-refractivity contribution in [3.63, 3.8) is 0 Å². The Balaban J connectivity index is 2.66. The molecule has 0 saturated heterocycles. The molecule has 0 spiro atoms. The van der Waals surface area contributed by atoms with Crippen LogP contribution in [-0.2, 0) is 4.74 Å². The Morgan fingerprint density at radius 1 is 1.28 bits per heavy atom. The fourth-order valence-electron chi connectivity index (χ4n) is 1.61. The molecule has 1 aromatic carbocycles. The largest absolute Gasteiger partial charge is 0.490 e. The molecule has 0 aliphatic carbocycles. The van der Waals surface area contributed by atoms with Crippen LogP contribution in [0.4, 0.5) is 0 Å². The smallest absolute Gasteiger partial charge is 0.133 e. The summed E-state index contributed by atoms with van der Waals surface area (Å²) in [6.45, 7) is 5.48. The first-order chi connectivity index (χ1) is 8.54. The molecule has 0 saturated carbocycles. The van der Waals surface area contributed by atoms with Gasteiger partial charge in [-0.2, -0.15) is 0 Å². The van der Waals surface area contributed by atoms with Crippen LogP contribution in [0.5, 0.6) is 5.75 Å². The van der Waals surface area contributed by atoms with Gasteiger partial charge >= 0.3 is 0 Å². The number of alkyl halides is 1. The van der Waals surface area contributed by atoms with Crippen molar-refractivity contribution >= 4 is 27.5 Å². The second-order valence-corrected chi connectivity index (χ2v) is 6.01. The number of ether oxygens (including phenoxy) is 2. The van der Waals surface area contributed by atoms with Crippen LogP contribution in [0.25, 0.3) is 0 Å². The quantitative estimate of drug-likeness (QED) is 0.526. The van der Waals surface area contributed by atoms with Crippen LogP contribution >= 0.6 is 27.5 Å². The Morgan fingerprint density at radius 2 is 2.00 bits per heavy atom. The average Bonchev–Trinajstić information content (AvgIpc) is 2.30. The van der Waals surface area contributed by atoms with Crippen molar-refractivity contribution in [1.82, 2.24) is 0 Å². The summed E-state index contributed by atoms with van der Waals surface area (Å²) in [5, 5.41) is 0.0503. The lowest BCUT2D eigenvalue weighted by atomic mass is 10.0. The van der Waals surface area contributed by atoms with Gasteiger partial charge in [0.05, 0.1) is 16.5 Å².